The number of halogens is 1. The number of amides is 1. The molecule has 1 atom stereocenters. The lowest BCUT2D eigenvalue weighted by Gasteiger charge is -2.16. The second-order valence-electron chi connectivity index (χ2n) is 5.55. The third-order valence-corrected chi connectivity index (χ3v) is 5.67. The van der Waals surface area contributed by atoms with E-state index in [0.717, 1.165) is 15.6 Å². The molecule has 2 aromatic carbocycles. The van der Waals surface area contributed by atoms with Crippen molar-refractivity contribution in [3.05, 3.63) is 57.9 Å². The molecular weight excluding hydrogens is 358 g/mol. The molecule has 0 aliphatic rings. The van der Waals surface area contributed by atoms with Crippen LogP contribution >= 0.6 is 22.9 Å². The Morgan fingerprint density at radius 1 is 1.12 bits per heavy atom. The van der Waals surface area contributed by atoms with Gasteiger partial charge in [0.2, 0.25) is 0 Å². The van der Waals surface area contributed by atoms with Gasteiger partial charge in [-0.3, -0.25) is 4.79 Å². The average Bonchev–Trinajstić information content (AvgIpc) is 2.98. The summed E-state index contributed by atoms with van der Waals surface area (Å²) in [5.41, 5.74) is 0.920. The number of methoxy groups -OCH3 is 2. The minimum Gasteiger partial charge on any atom is -0.493 e. The summed E-state index contributed by atoms with van der Waals surface area (Å²) in [4.78, 5) is 13.2. The largest absolute Gasteiger partial charge is 0.493 e. The Kier molecular flexibility index (Phi) is 5.16. The predicted octanol–water partition coefficient (Wildman–Crippen LogP) is 5.06. The number of nitrogens with one attached hydrogen (secondary N) is 1. The predicted molar refractivity (Wildman–Crippen MR) is 102 cm³/mol. The summed E-state index contributed by atoms with van der Waals surface area (Å²) >= 11 is 7.78. The van der Waals surface area contributed by atoms with Crippen molar-refractivity contribution in [3.8, 4) is 11.5 Å². The highest BCUT2D eigenvalue weighted by Gasteiger charge is 2.19. The molecule has 0 radical (unpaired) electrons. The molecule has 1 N–H and O–H groups in total. The fourth-order valence-corrected chi connectivity index (χ4v) is 4.05. The van der Waals surface area contributed by atoms with Gasteiger partial charge in [0.15, 0.2) is 11.5 Å². The molecule has 0 spiro atoms. The van der Waals surface area contributed by atoms with Crippen molar-refractivity contribution in [2.24, 2.45) is 0 Å². The fourth-order valence-electron chi connectivity index (χ4n) is 2.63. The SMILES string of the molecule is COc1ccc([C@@H](C)NC(=O)c2sc3ccccc3c2Cl)cc1OC. The molecule has 1 amide bonds. The maximum absolute atomic E-state index is 12.7. The fraction of sp³-hybridized carbons (Fsp3) is 0.211. The van der Waals surface area contributed by atoms with Gasteiger partial charge in [-0.1, -0.05) is 35.9 Å². The standard InChI is InChI=1S/C19H18ClNO3S/c1-11(12-8-9-14(23-2)15(10-12)24-3)21-19(22)18-17(20)13-6-4-5-7-16(13)25-18/h4-11H,1-3H3,(H,21,22)/t11-/m1/s1. The van der Waals surface area contributed by atoms with Crippen LogP contribution in [0.25, 0.3) is 10.1 Å². The smallest absolute Gasteiger partial charge is 0.263 e. The molecule has 4 nitrogen and oxygen atoms in total. The second kappa shape index (κ2) is 7.33. The van der Waals surface area contributed by atoms with Gasteiger partial charge in [-0.05, 0) is 30.7 Å². The molecule has 1 heterocycles. The van der Waals surface area contributed by atoms with E-state index < -0.39 is 0 Å². The van der Waals surface area contributed by atoms with Crippen molar-refractivity contribution in [2.45, 2.75) is 13.0 Å². The zero-order chi connectivity index (χ0) is 18.0. The average molecular weight is 376 g/mol. The van der Waals surface area contributed by atoms with Crippen LogP contribution in [0, 0.1) is 0 Å². The Morgan fingerprint density at radius 2 is 1.84 bits per heavy atom. The van der Waals surface area contributed by atoms with Gasteiger partial charge in [-0.25, -0.2) is 0 Å². The van der Waals surface area contributed by atoms with Crippen LogP contribution in [-0.4, -0.2) is 20.1 Å². The Hall–Kier alpha value is -2.24. The first-order valence-electron chi connectivity index (χ1n) is 7.75. The molecule has 3 aromatic rings. The van der Waals surface area contributed by atoms with Gasteiger partial charge >= 0.3 is 0 Å². The van der Waals surface area contributed by atoms with Gasteiger partial charge < -0.3 is 14.8 Å². The molecule has 0 fully saturated rings. The van der Waals surface area contributed by atoms with E-state index in [1.165, 1.54) is 11.3 Å². The van der Waals surface area contributed by atoms with Crippen LogP contribution in [0.3, 0.4) is 0 Å². The van der Waals surface area contributed by atoms with E-state index in [4.69, 9.17) is 21.1 Å². The van der Waals surface area contributed by atoms with E-state index in [1.54, 1.807) is 14.2 Å². The van der Waals surface area contributed by atoms with E-state index >= 15 is 0 Å². The van der Waals surface area contributed by atoms with Crippen LogP contribution in [0.4, 0.5) is 0 Å². The minimum absolute atomic E-state index is 0.187. The number of ether oxygens (including phenoxy) is 2. The highest BCUT2D eigenvalue weighted by atomic mass is 35.5. The first-order chi connectivity index (χ1) is 12.0. The van der Waals surface area contributed by atoms with Gasteiger partial charge in [-0.2, -0.15) is 0 Å². The van der Waals surface area contributed by atoms with E-state index in [1.807, 2.05) is 49.4 Å². The molecule has 130 valence electrons. The molecule has 0 aliphatic heterocycles. The third-order valence-electron chi connectivity index (χ3n) is 4.00. The summed E-state index contributed by atoms with van der Waals surface area (Å²) in [6.07, 6.45) is 0. The van der Waals surface area contributed by atoms with Gasteiger partial charge in [0.05, 0.1) is 25.3 Å². The number of thiophene rings is 1. The van der Waals surface area contributed by atoms with Crippen molar-refractivity contribution in [3.63, 3.8) is 0 Å². The van der Waals surface area contributed by atoms with Crippen molar-refractivity contribution < 1.29 is 14.3 Å². The van der Waals surface area contributed by atoms with E-state index in [0.29, 0.717) is 21.4 Å². The molecule has 3 rings (SSSR count). The lowest BCUT2D eigenvalue weighted by atomic mass is 10.1. The molecule has 6 heteroatoms. The maximum atomic E-state index is 12.7. The molecular formula is C19H18ClNO3S. The van der Waals surface area contributed by atoms with E-state index in [9.17, 15) is 4.79 Å². The normalized spacial score (nSPS) is 12.0. The monoisotopic (exact) mass is 375 g/mol. The topological polar surface area (TPSA) is 47.6 Å². The van der Waals surface area contributed by atoms with Crippen molar-refractivity contribution in [1.82, 2.24) is 5.32 Å². The Bertz CT molecular complexity index is 922. The van der Waals surface area contributed by atoms with Gasteiger partial charge in [0, 0.05) is 10.1 Å². The van der Waals surface area contributed by atoms with Crippen LogP contribution < -0.4 is 14.8 Å². The number of fused-ring (bicyclic) bond motifs is 1. The Morgan fingerprint density at radius 3 is 2.52 bits per heavy atom. The summed E-state index contributed by atoms with van der Waals surface area (Å²) in [6.45, 7) is 1.92. The minimum atomic E-state index is -0.200. The molecule has 0 saturated carbocycles. The molecule has 0 unspecified atom stereocenters. The lowest BCUT2D eigenvalue weighted by molar-refractivity contribution is 0.0944. The number of carbonyl (C=O) groups excluding carboxylic acids is 1. The molecule has 0 bridgehead atoms. The summed E-state index contributed by atoms with van der Waals surface area (Å²) in [5.74, 6) is 1.09. The van der Waals surface area contributed by atoms with Crippen LogP contribution in [0.15, 0.2) is 42.5 Å². The van der Waals surface area contributed by atoms with Crippen LogP contribution in [-0.2, 0) is 0 Å². The third kappa shape index (κ3) is 3.43. The maximum Gasteiger partial charge on any atom is 0.263 e. The van der Waals surface area contributed by atoms with Crippen LogP contribution in [0.2, 0.25) is 5.02 Å². The molecule has 0 saturated heterocycles. The second-order valence-corrected chi connectivity index (χ2v) is 6.98. The first-order valence-corrected chi connectivity index (χ1v) is 8.94. The molecule has 1 aromatic heterocycles. The Labute approximate surface area is 155 Å². The number of rotatable bonds is 5. The number of hydrogen-bond donors (Lipinski definition) is 1. The quantitative estimate of drug-likeness (QED) is 0.677. The van der Waals surface area contributed by atoms with E-state index in [-0.39, 0.29) is 11.9 Å². The summed E-state index contributed by atoms with van der Waals surface area (Å²) in [6, 6.07) is 13.1. The molecule has 0 aliphatic carbocycles. The lowest BCUT2D eigenvalue weighted by Crippen LogP contribution is -2.26. The van der Waals surface area contributed by atoms with Crippen LogP contribution in [0.1, 0.15) is 28.2 Å². The summed E-state index contributed by atoms with van der Waals surface area (Å²) in [5, 5.41) is 4.39. The zero-order valence-corrected chi connectivity index (χ0v) is 15.7. The van der Waals surface area contributed by atoms with Crippen molar-refractivity contribution in [2.75, 3.05) is 14.2 Å². The van der Waals surface area contributed by atoms with E-state index in [2.05, 4.69) is 5.32 Å². The van der Waals surface area contributed by atoms with Crippen molar-refractivity contribution >= 4 is 38.9 Å². The Balaban J connectivity index is 1.83. The molecule has 25 heavy (non-hydrogen) atoms. The van der Waals surface area contributed by atoms with Gasteiger partial charge in [-0.15, -0.1) is 11.3 Å². The summed E-state index contributed by atoms with van der Waals surface area (Å²) in [7, 11) is 3.17. The number of benzene rings is 2. The van der Waals surface area contributed by atoms with Crippen LogP contribution in [0.5, 0.6) is 11.5 Å². The highest BCUT2D eigenvalue weighted by Crippen LogP contribution is 2.35. The number of carbonyl (C=O) groups is 1. The van der Waals surface area contributed by atoms with Gasteiger partial charge in [0.1, 0.15) is 4.88 Å². The highest BCUT2D eigenvalue weighted by molar-refractivity contribution is 7.21. The number of hydrogen-bond acceptors (Lipinski definition) is 4. The van der Waals surface area contributed by atoms with Gasteiger partial charge in [0.25, 0.3) is 5.91 Å². The van der Waals surface area contributed by atoms with Crippen molar-refractivity contribution in [1.29, 1.82) is 0 Å². The first kappa shape index (κ1) is 17.6. The summed E-state index contributed by atoms with van der Waals surface area (Å²) < 4.78 is 11.6. The zero-order valence-electron chi connectivity index (χ0n) is 14.1.